The van der Waals surface area contributed by atoms with Gasteiger partial charge < -0.3 is 15.0 Å². The summed E-state index contributed by atoms with van der Waals surface area (Å²) in [5.74, 6) is -0.923. The van der Waals surface area contributed by atoms with E-state index >= 15 is 0 Å². The van der Waals surface area contributed by atoms with Crippen molar-refractivity contribution in [3.63, 3.8) is 0 Å². The molecule has 0 saturated carbocycles. The van der Waals surface area contributed by atoms with Crippen molar-refractivity contribution in [3.8, 4) is 5.75 Å². The number of carbonyl (C=O) groups is 1. The first-order chi connectivity index (χ1) is 10.5. The average Bonchev–Trinajstić information content (AvgIpc) is 2.87. The van der Waals surface area contributed by atoms with E-state index in [1.54, 1.807) is 14.0 Å². The van der Waals surface area contributed by atoms with Crippen molar-refractivity contribution in [1.29, 1.82) is 0 Å². The lowest BCUT2D eigenvalue weighted by molar-refractivity contribution is -0.599. The number of quaternary nitrogens is 1. The van der Waals surface area contributed by atoms with E-state index in [0.29, 0.717) is 5.69 Å². The SMILES string of the molecule is Cc1cc(O)c(C(=O)NC2Nc3ccccc3[NH2+]2)c(=O)n1C. The van der Waals surface area contributed by atoms with Gasteiger partial charge in [0.05, 0.1) is 0 Å². The fourth-order valence-corrected chi connectivity index (χ4v) is 2.47. The van der Waals surface area contributed by atoms with Crippen LogP contribution in [0.15, 0.2) is 35.1 Å². The van der Waals surface area contributed by atoms with E-state index in [9.17, 15) is 14.7 Å². The minimum absolute atomic E-state index is 0.251. The van der Waals surface area contributed by atoms with Crippen molar-refractivity contribution >= 4 is 17.3 Å². The third kappa shape index (κ3) is 2.31. The van der Waals surface area contributed by atoms with Crippen LogP contribution in [0.3, 0.4) is 0 Å². The molecule has 1 aromatic carbocycles. The lowest BCUT2D eigenvalue weighted by Gasteiger charge is -2.13. The van der Waals surface area contributed by atoms with Gasteiger partial charge in [-0.3, -0.25) is 20.2 Å². The van der Waals surface area contributed by atoms with Gasteiger partial charge in [0.15, 0.2) is 5.69 Å². The fourth-order valence-electron chi connectivity index (χ4n) is 2.47. The van der Waals surface area contributed by atoms with E-state index in [1.165, 1.54) is 10.6 Å². The highest BCUT2D eigenvalue weighted by Gasteiger charge is 2.28. The van der Waals surface area contributed by atoms with Gasteiger partial charge in [-0.15, -0.1) is 0 Å². The molecule has 7 heteroatoms. The summed E-state index contributed by atoms with van der Waals surface area (Å²) in [4.78, 5) is 24.5. The summed E-state index contributed by atoms with van der Waals surface area (Å²) in [5, 5.41) is 17.6. The Labute approximate surface area is 126 Å². The molecular weight excluding hydrogens is 284 g/mol. The van der Waals surface area contributed by atoms with Gasteiger partial charge in [-0.1, -0.05) is 12.1 Å². The predicted molar refractivity (Wildman–Crippen MR) is 81.0 cm³/mol. The Bertz CT molecular complexity index is 788. The first kappa shape index (κ1) is 14.2. The number of aromatic nitrogens is 1. The number of benzene rings is 1. The number of hydrogen-bond donors (Lipinski definition) is 4. The van der Waals surface area contributed by atoms with Crippen LogP contribution < -0.4 is 21.5 Å². The molecule has 0 radical (unpaired) electrons. The summed E-state index contributed by atoms with van der Waals surface area (Å²) in [7, 11) is 1.56. The van der Waals surface area contributed by atoms with Crippen LogP contribution in [0.25, 0.3) is 0 Å². The molecular formula is C15H17N4O3+. The van der Waals surface area contributed by atoms with Crippen LogP contribution in [0.1, 0.15) is 16.1 Å². The van der Waals surface area contributed by atoms with E-state index in [0.717, 1.165) is 11.4 Å². The number of carbonyl (C=O) groups excluding carboxylic acids is 1. The van der Waals surface area contributed by atoms with Crippen LogP contribution in [0.5, 0.6) is 5.75 Å². The van der Waals surface area contributed by atoms with E-state index in [2.05, 4.69) is 10.6 Å². The van der Waals surface area contributed by atoms with Gasteiger partial charge in [-0.05, 0) is 13.0 Å². The van der Waals surface area contributed by atoms with Gasteiger partial charge in [0.25, 0.3) is 11.5 Å². The van der Waals surface area contributed by atoms with Crippen molar-refractivity contribution in [2.75, 3.05) is 5.32 Å². The van der Waals surface area contributed by atoms with E-state index in [4.69, 9.17) is 0 Å². The summed E-state index contributed by atoms with van der Waals surface area (Å²) < 4.78 is 1.33. The second-order valence-corrected chi connectivity index (χ2v) is 5.26. The highest BCUT2D eigenvalue weighted by Crippen LogP contribution is 2.20. The maximum absolute atomic E-state index is 12.3. The molecule has 0 fully saturated rings. The number of nitrogens with zero attached hydrogens (tertiary/aromatic N) is 1. The lowest BCUT2D eigenvalue weighted by atomic mass is 10.2. The number of pyridine rings is 1. The van der Waals surface area contributed by atoms with Crippen LogP contribution in [0.2, 0.25) is 0 Å². The third-order valence-corrected chi connectivity index (χ3v) is 3.78. The van der Waals surface area contributed by atoms with Crippen molar-refractivity contribution < 1.29 is 15.2 Å². The molecule has 0 bridgehead atoms. The monoisotopic (exact) mass is 301 g/mol. The predicted octanol–water partition coefficient (Wildman–Crippen LogP) is -0.267. The first-order valence-corrected chi connectivity index (χ1v) is 6.88. The van der Waals surface area contributed by atoms with Gasteiger partial charge in [0.2, 0.25) is 6.29 Å². The summed E-state index contributed by atoms with van der Waals surface area (Å²) in [5.41, 5.74) is 1.70. The smallest absolute Gasteiger partial charge is 0.267 e. The third-order valence-electron chi connectivity index (χ3n) is 3.78. The highest BCUT2D eigenvalue weighted by atomic mass is 16.3. The molecule has 1 aromatic heterocycles. The number of rotatable bonds is 2. The molecule has 3 rings (SSSR count). The van der Waals surface area contributed by atoms with Crippen molar-refractivity contribution in [2.24, 2.45) is 7.05 Å². The van der Waals surface area contributed by atoms with Crippen LogP contribution in [-0.4, -0.2) is 21.9 Å². The van der Waals surface area contributed by atoms with Crippen molar-refractivity contribution in [2.45, 2.75) is 13.2 Å². The van der Waals surface area contributed by atoms with Crippen molar-refractivity contribution in [1.82, 2.24) is 9.88 Å². The molecule has 1 unspecified atom stereocenters. The molecule has 2 heterocycles. The number of fused-ring (bicyclic) bond motifs is 1. The second kappa shape index (κ2) is 5.19. The second-order valence-electron chi connectivity index (χ2n) is 5.26. The van der Waals surface area contributed by atoms with Gasteiger partial charge in [0.1, 0.15) is 17.0 Å². The maximum Gasteiger partial charge on any atom is 0.267 e. The van der Waals surface area contributed by atoms with Crippen LogP contribution in [0.4, 0.5) is 11.4 Å². The number of anilines is 1. The molecule has 5 N–H and O–H groups in total. The zero-order valence-corrected chi connectivity index (χ0v) is 12.3. The Hall–Kier alpha value is -2.80. The molecule has 22 heavy (non-hydrogen) atoms. The lowest BCUT2D eigenvalue weighted by Crippen LogP contribution is -2.88. The molecule has 1 atom stereocenters. The molecule has 7 nitrogen and oxygen atoms in total. The van der Waals surface area contributed by atoms with Crippen LogP contribution >= 0.6 is 0 Å². The zero-order chi connectivity index (χ0) is 15.9. The van der Waals surface area contributed by atoms with E-state index in [1.807, 2.05) is 29.6 Å². The Kier molecular flexibility index (Phi) is 3.34. The minimum Gasteiger partial charge on any atom is -0.507 e. The van der Waals surface area contributed by atoms with E-state index in [-0.39, 0.29) is 11.3 Å². The summed E-state index contributed by atoms with van der Waals surface area (Å²) in [6.07, 6.45) is -0.421. The largest absolute Gasteiger partial charge is 0.507 e. The highest BCUT2D eigenvalue weighted by molar-refractivity contribution is 5.96. The quantitative estimate of drug-likeness (QED) is 0.574. The number of aryl methyl sites for hydroxylation is 1. The van der Waals surface area contributed by atoms with Gasteiger partial charge in [-0.2, -0.15) is 0 Å². The van der Waals surface area contributed by atoms with E-state index < -0.39 is 17.8 Å². The Morgan fingerprint density at radius 2 is 2.14 bits per heavy atom. The number of hydrogen-bond acceptors (Lipinski definition) is 4. The molecule has 1 aliphatic rings. The number of nitrogens with two attached hydrogens (primary N) is 1. The number of nitrogens with one attached hydrogen (secondary N) is 2. The standard InChI is InChI=1S/C15H16N4O3/c1-8-7-11(20)12(14(22)19(8)2)13(21)18-15-16-9-5-3-4-6-10(9)17-15/h3-7,15-17,20H,1-2H3,(H,18,21)/p+1. The molecule has 0 saturated heterocycles. The molecule has 1 amide bonds. The number of aromatic hydroxyl groups is 1. The Morgan fingerprint density at radius 3 is 2.86 bits per heavy atom. The molecule has 114 valence electrons. The zero-order valence-electron chi connectivity index (χ0n) is 12.3. The average molecular weight is 301 g/mol. The minimum atomic E-state index is -0.611. The molecule has 0 aliphatic carbocycles. The molecule has 0 spiro atoms. The van der Waals surface area contributed by atoms with Crippen LogP contribution in [0, 0.1) is 6.92 Å². The summed E-state index contributed by atoms with van der Waals surface area (Å²) >= 11 is 0. The maximum atomic E-state index is 12.3. The first-order valence-electron chi connectivity index (χ1n) is 6.88. The van der Waals surface area contributed by atoms with Gasteiger partial charge in [-0.25, -0.2) is 0 Å². The van der Waals surface area contributed by atoms with Crippen molar-refractivity contribution in [3.05, 3.63) is 51.9 Å². The summed E-state index contributed by atoms with van der Waals surface area (Å²) in [6.45, 7) is 1.69. The topological polar surface area (TPSA) is 100.0 Å². The number of para-hydroxylation sites is 2. The fraction of sp³-hybridized carbons (Fsp3) is 0.200. The Balaban J connectivity index is 1.83. The normalized spacial score (nSPS) is 16.0. The van der Waals surface area contributed by atoms with Gasteiger partial charge in [0, 0.05) is 24.9 Å². The Morgan fingerprint density at radius 1 is 1.41 bits per heavy atom. The molecule has 2 aromatic rings. The van der Waals surface area contributed by atoms with Crippen LogP contribution in [-0.2, 0) is 7.05 Å². The van der Waals surface area contributed by atoms with Gasteiger partial charge >= 0.3 is 0 Å². The molecule has 1 aliphatic heterocycles. The summed E-state index contributed by atoms with van der Waals surface area (Å²) in [6, 6.07) is 9.03. The number of amides is 1.